The third-order valence-corrected chi connectivity index (χ3v) is 5.41. The zero-order chi connectivity index (χ0) is 14.7. The first-order valence-corrected chi connectivity index (χ1v) is 8.53. The standard InChI is InChI=1S/C16H29N3O2/c1-21-12-16(20)19-9-4-13(5-10-19)17-14-6-8-18-7-2-3-15(18)11-14/h13-15,17H,2-12H2,1H3. The Labute approximate surface area is 128 Å². The molecule has 3 aliphatic rings. The van der Waals surface area contributed by atoms with Gasteiger partial charge in [0.2, 0.25) is 5.91 Å². The number of nitrogens with zero attached hydrogens (tertiary/aromatic N) is 2. The Morgan fingerprint density at radius 1 is 1.10 bits per heavy atom. The first-order chi connectivity index (χ1) is 10.3. The number of carbonyl (C=O) groups is 1. The number of likely N-dealkylation sites (tertiary alicyclic amines) is 1. The molecule has 1 N–H and O–H groups in total. The molecule has 2 unspecified atom stereocenters. The zero-order valence-electron chi connectivity index (χ0n) is 13.2. The number of methoxy groups -OCH3 is 1. The molecule has 1 amide bonds. The molecule has 3 rings (SSSR count). The molecule has 3 heterocycles. The van der Waals surface area contributed by atoms with Crippen molar-refractivity contribution in [1.29, 1.82) is 0 Å². The van der Waals surface area contributed by atoms with E-state index in [9.17, 15) is 4.79 Å². The van der Waals surface area contributed by atoms with Crippen LogP contribution in [0.3, 0.4) is 0 Å². The molecule has 120 valence electrons. The average molecular weight is 295 g/mol. The van der Waals surface area contributed by atoms with Gasteiger partial charge in [-0.15, -0.1) is 0 Å². The summed E-state index contributed by atoms with van der Waals surface area (Å²) in [7, 11) is 1.58. The van der Waals surface area contributed by atoms with Gasteiger partial charge in [-0.1, -0.05) is 0 Å². The van der Waals surface area contributed by atoms with Crippen molar-refractivity contribution in [3.63, 3.8) is 0 Å². The van der Waals surface area contributed by atoms with Crippen LogP contribution >= 0.6 is 0 Å². The highest BCUT2D eigenvalue weighted by molar-refractivity contribution is 5.77. The van der Waals surface area contributed by atoms with Gasteiger partial charge in [0.15, 0.2) is 0 Å². The molecule has 5 heteroatoms. The van der Waals surface area contributed by atoms with Gasteiger partial charge in [0.05, 0.1) is 0 Å². The van der Waals surface area contributed by atoms with Crippen molar-refractivity contribution >= 4 is 5.91 Å². The van der Waals surface area contributed by atoms with E-state index in [0.29, 0.717) is 12.1 Å². The van der Waals surface area contributed by atoms with Crippen LogP contribution < -0.4 is 5.32 Å². The van der Waals surface area contributed by atoms with Crippen LogP contribution in [0.4, 0.5) is 0 Å². The van der Waals surface area contributed by atoms with E-state index in [-0.39, 0.29) is 12.5 Å². The SMILES string of the molecule is COCC(=O)N1CCC(NC2CCN3CCCC3C2)CC1. The highest BCUT2D eigenvalue weighted by Crippen LogP contribution is 2.27. The number of piperidine rings is 2. The lowest BCUT2D eigenvalue weighted by atomic mass is 9.95. The van der Waals surface area contributed by atoms with Crippen LogP contribution in [0.2, 0.25) is 0 Å². The molecule has 5 nitrogen and oxygen atoms in total. The molecule has 3 fully saturated rings. The summed E-state index contributed by atoms with van der Waals surface area (Å²) in [6, 6.07) is 2.12. The first-order valence-electron chi connectivity index (χ1n) is 8.53. The minimum atomic E-state index is 0.134. The Balaban J connectivity index is 1.40. The summed E-state index contributed by atoms with van der Waals surface area (Å²) in [4.78, 5) is 16.4. The maximum Gasteiger partial charge on any atom is 0.248 e. The monoisotopic (exact) mass is 295 g/mol. The fraction of sp³-hybridized carbons (Fsp3) is 0.938. The van der Waals surface area contributed by atoms with Gasteiger partial charge in [-0.3, -0.25) is 4.79 Å². The number of ether oxygens (including phenoxy) is 1. The van der Waals surface area contributed by atoms with E-state index < -0.39 is 0 Å². The van der Waals surface area contributed by atoms with Crippen molar-refractivity contribution in [3.8, 4) is 0 Å². The van der Waals surface area contributed by atoms with Crippen molar-refractivity contribution in [3.05, 3.63) is 0 Å². The molecule has 0 aliphatic carbocycles. The molecule has 0 bridgehead atoms. The Hall–Kier alpha value is -0.650. The summed E-state index contributed by atoms with van der Waals surface area (Å²) in [5.41, 5.74) is 0. The van der Waals surface area contributed by atoms with Crippen LogP contribution in [0.5, 0.6) is 0 Å². The van der Waals surface area contributed by atoms with Crippen molar-refractivity contribution in [2.45, 2.75) is 56.7 Å². The number of hydrogen-bond acceptors (Lipinski definition) is 4. The number of nitrogens with one attached hydrogen (secondary N) is 1. The van der Waals surface area contributed by atoms with E-state index in [1.54, 1.807) is 7.11 Å². The zero-order valence-corrected chi connectivity index (χ0v) is 13.2. The van der Waals surface area contributed by atoms with E-state index in [2.05, 4.69) is 10.2 Å². The van der Waals surface area contributed by atoms with Gasteiger partial charge in [-0.05, 0) is 51.6 Å². The number of hydrogen-bond donors (Lipinski definition) is 1. The van der Waals surface area contributed by atoms with Gasteiger partial charge in [0.25, 0.3) is 0 Å². The Morgan fingerprint density at radius 2 is 1.86 bits per heavy atom. The maximum atomic E-state index is 11.8. The van der Waals surface area contributed by atoms with Crippen LogP contribution in [0.25, 0.3) is 0 Å². The average Bonchev–Trinajstić information content (AvgIpc) is 2.96. The fourth-order valence-electron chi connectivity index (χ4n) is 4.22. The molecular formula is C16H29N3O2. The molecular weight excluding hydrogens is 266 g/mol. The molecule has 0 aromatic rings. The summed E-state index contributed by atoms with van der Waals surface area (Å²) in [5.74, 6) is 0.134. The van der Waals surface area contributed by atoms with Crippen molar-refractivity contribution in [2.24, 2.45) is 0 Å². The van der Waals surface area contributed by atoms with E-state index in [4.69, 9.17) is 4.74 Å². The number of fused-ring (bicyclic) bond motifs is 1. The molecule has 0 aromatic heterocycles. The largest absolute Gasteiger partial charge is 0.375 e. The van der Waals surface area contributed by atoms with E-state index in [1.807, 2.05) is 4.90 Å². The number of amides is 1. The predicted molar refractivity (Wildman–Crippen MR) is 82.2 cm³/mol. The highest BCUT2D eigenvalue weighted by atomic mass is 16.5. The summed E-state index contributed by atoms with van der Waals surface area (Å²) >= 11 is 0. The lowest BCUT2D eigenvalue weighted by Crippen LogP contribution is -2.52. The minimum absolute atomic E-state index is 0.134. The van der Waals surface area contributed by atoms with E-state index in [0.717, 1.165) is 32.0 Å². The second-order valence-corrected chi connectivity index (χ2v) is 6.81. The molecule has 3 saturated heterocycles. The maximum absolute atomic E-state index is 11.8. The Bertz CT molecular complexity index is 355. The van der Waals surface area contributed by atoms with Crippen LogP contribution in [0.1, 0.15) is 38.5 Å². The van der Waals surface area contributed by atoms with Gasteiger partial charge in [-0.2, -0.15) is 0 Å². The predicted octanol–water partition coefficient (Wildman–Crippen LogP) is 0.840. The lowest BCUT2D eigenvalue weighted by molar-refractivity contribution is -0.136. The number of carbonyl (C=O) groups excluding carboxylic acids is 1. The molecule has 3 aliphatic heterocycles. The van der Waals surface area contributed by atoms with Crippen LogP contribution in [0, 0.1) is 0 Å². The van der Waals surface area contributed by atoms with Gasteiger partial charge in [0.1, 0.15) is 6.61 Å². The number of rotatable bonds is 4. The molecule has 0 spiro atoms. The first kappa shape index (κ1) is 15.3. The molecule has 0 aromatic carbocycles. The van der Waals surface area contributed by atoms with Gasteiger partial charge >= 0.3 is 0 Å². The fourth-order valence-corrected chi connectivity index (χ4v) is 4.22. The summed E-state index contributed by atoms with van der Waals surface area (Å²) in [5, 5.41) is 3.87. The third-order valence-electron chi connectivity index (χ3n) is 5.41. The van der Waals surface area contributed by atoms with Gasteiger partial charge in [0, 0.05) is 38.3 Å². The smallest absolute Gasteiger partial charge is 0.248 e. The van der Waals surface area contributed by atoms with Crippen molar-refractivity contribution < 1.29 is 9.53 Å². The molecule has 0 radical (unpaired) electrons. The highest BCUT2D eigenvalue weighted by Gasteiger charge is 2.33. The molecule has 0 saturated carbocycles. The Morgan fingerprint density at radius 3 is 2.62 bits per heavy atom. The second kappa shape index (κ2) is 7.07. The van der Waals surface area contributed by atoms with E-state index in [1.165, 1.54) is 38.8 Å². The minimum Gasteiger partial charge on any atom is -0.375 e. The van der Waals surface area contributed by atoms with Crippen LogP contribution in [-0.2, 0) is 9.53 Å². The second-order valence-electron chi connectivity index (χ2n) is 6.81. The summed E-state index contributed by atoms with van der Waals surface area (Å²) < 4.78 is 4.93. The molecule has 21 heavy (non-hydrogen) atoms. The summed E-state index contributed by atoms with van der Waals surface area (Å²) in [6.07, 6.45) is 7.56. The Kier molecular flexibility index (Phi) is 5.14. The van der Waals surface area contributed by atoms with Gasteiger partial charge in [-0.25, -0.2) is 0 Å². The van der Waals surface area contributed by atoms with Gasteiger partial charge < -0.3 is 19.9 Å². The topological polar surface area (TPSA) is 44.8 Å². The van der Waals surface area contributed by atoms with E-state index >= 15 is 0 Å². The molecule has 2 atom stereocenters. The quantitative estimate of drug-likeness (QED) is 0.835. The normalized spacial score (nSPS) is 31.4. The van der Waals surface area contributed by atoms with Crippen molar-refractivity contribution in [1.82, 2.24) is 15.1 Å². The lowest BCUT2D eigenvalue weighted by Gasteiger charge is -2.39. The van der Waals surface area contributed by atoms with Crippen LogP contribution in [0.15, 0.2) is 0 Å². The summed E-state index contributed by atoms with van der Waals surface area (Å²) in [6.45, 7) is 4.56. The van der Waals surface area contributed by atoms with Crippen LogP contribution in [-0.4, -0.2) is 73.7 Å². The van der Waals surface area contributed by atoms with Crippen molar-refractivity contribution in [2.75, 3.05) is 39.9 Å². The third kappa shape index (κ3) is 3.76.